The molecule has 0 bridgehead atoms. The number of aromatic amines is 1. The molecule has 0 saturated carbocycles. The van der Waals surface area contributed by atoms with E-state index < -0.39 is 47.9 Å². The number of rotatable bonds is 17. The number of esters is 1. The smallest absolute Gasteiger partial charge is 0.323 e. The average Bonchev–Trinajstić information content (AvgIpc) is 3.40. The predicted molar refractivity (Wildman–Crippen MR) is 167 cm³/mol. The Labute approximate surface area is 253 Å². The molecule has 6 N–H and O–H groups in total. The van der Waals surface area contributed by atoms with Crippen LogP contribution in [0, 0.1) is 5.92 Å². The van der Waals surface area contributed by atoms with E-state index in [1.165, 1.54) is 0 Å². The highest BCUT2D eigenvalue weighted by Crippen LogP contribution is 2.20. The molecule has 0 radical (unpaired) electrons. The zero-order valence-corrected chi connectivity index (χ0v) is 25.5. The zero-order chi connectivity index (χ0) is 31.4. The van der Waals surface area contributed by atoms with E-state index in [0.29, 0.717) is 19.3 Å². The van der Waals surface area contributed by atoms with Gasteiger partial charge in [0.2, 0.25) is 17.7 Å². The Hall–Kier alpha value is -4.18. The van der Waals surface area contributed by atoms with Gasteiger partial charge in [-0.15, -0.1) is 0 Å². The van der Waals surface area contributed by atoms with Crippen molar-refractivity contribution in [1.29, 1.82) is 0 Å². The van der Waals surface area contributed by atoms with Gasteiger partial charge in [0.15, 0.2) is 0 Å². The number of amides is 3. The van der Waals surface area contributed by atoms with E-state index in [2.05, 4.69) is 20.9 Å². The van der Waals surface area contributed by atoms with Gasteiger partial charge in [0.05, 0.1) is 6.04 Å². The summed E-state index contributed by atoms with van der Waals surface area (Å²) in [5.41, 5.74) is 8.21. The van der Waals surface area contributed by atoms with Gasteiger partial charge >= 0.3 is 5.97 Å². The molecule has 10 nitrogen and oxygen atoms in total. The monoisotopic (exact) mass is 591 g/mol. The molecule has 0 spiro atoms. The maximum absolute atomic E-state index is 13.8. The second kappa shape index (κ2) is 16.5. The molecule has 2 aromatic carbocycles. The number of nitrogens with two attached hydrogens (primary N) is 1. The highest BCUT2D eigenvalue weighted by molar-refractivity contribution is 5.93. The number of unbranched alkanes of at least 4 members (excludes halogenated alkanes) is 1. The molecule has 0 aliphatic carbocycles. The number of H-pyrrole nitrogens is 1. The number of hydrogen-bond acceptors (Lipinski definition) is 6. The number of carbonyl (C=O) groups is 4. The molecule has 0 aliphatic rings. The van der Waals surface area contributed by atoms with Crippen LogP contribution in [0.5, 0.6) is 0 Å². The van der Waals surface area contributed by atoms with Crippen LogP contribution in [-0.4, -0.2) is 52.8 Å². The molecule has 3 amide bonds. The predicted octanol–water partition coefficient (Wildman–Crippen LogP) is 3.49. The van der Waals surface area contributed by atoms with Crippen LogP contribution in [0.3, 0.4) is 0 Å². The minimum absolute atomic E-state index is 0.113. The average molecular weight is 592 g/mol. The Morgan fingerprint density at radius 1 is 0.884 bits per heavy atom. The molecule has 3 aromatic rings. The number of para-hydroxylation sites is 1. The number of nitrogens with one attached hydrogen (secondary N) is 4. The van der Waals surface area contributed by atoms with Crippen LogP contribution in [0.1, 0.15) is 64.5 Å². The van der Waals surface area contributed by atoms with E-state index in [1.807, 2.05) is 81.6 Å². The summed E-state index contributed by atoms with van der Waals surface area (Å²) in [6, 6.07) is 13.7. The molecular weight excluding hydrogens is 546 g/mol. The molecule has 1 aromatic heterocycles. The summed E-state index contributed by atoms with van der Waals surface area (Å²) in [5, 5.41) is 9.71. The van der Waals surface area contributed by atoms with E-state index in [1.54, 1.807) is 6.92 Å². The largest absolute Gasteiger partial charge is 0.460 e. The Kier molecular flexibility index (Phi) is 12.8. The van der Waals surface area contributed by atoms with Crippen LogP contribution in [0.25, 0.3) is 10.9 Å². The third-order valence-corrected chi connectivity index (χ3v) is 7.29. The van der Waals surface area contributed by atoms with Gasteiger partial charge < -0.3 is 26.1 Å². The fourth-order valence-electron chi connectivity index (χ4n) is 4.91. The molecule has 43 heavy (non-hydrogen) atoms. The summed E-state index contributed by atoms with van der Waals surface area (Å²) in [6.45, 7) is 7.62. The molecular formula is C33H45N5O5. The molecule has 0 unspecified atom stereocenters. The fourth-order valence-corrected chi connectivity index (χ4v) is 4.91. The second-order valence-electron chi connectivity index (χ2n) is 11.4. The minimum Gasteiger partial charge on any atom is -0.460 e. The maximum atomic E-state index is 13.8. The normalized spacial score (nSPS) is 14.1. The first-order chi connectivity index (χ1) is 20.6. The van der Waals surface area contributed by atoms with Crippen molar-refractivity contribution in [3.05, 3.63) is 71.9 Å². The van der Waals surface area contributed by atoms with Crippen molar-refractivity contribution >= 4 is 34.6 Å². The second-order valence-corrected chi connectivity index (χ2v) is 11.4. The molecule has 0 saturated heterocycles. The Balaban J connectivity index is 1.79. The van der Waals surface area contributed by atoms with Crippen molar-refractivity contribution in [3.63, 3.8) is 0 Å². The summed E-state index contributed by atoms with van der Waals surface area (Å²) < 4.78 is 5.50. The molecule has 0 fully saturated rings. The first-order valence-corrected chi connectivity index (χ1v) is 15.0. The van der Waals surface area contributed by atoms with Gasteiger partial charge in [-0.1, -0.05) is 82.1 Å². The van der Waals surface area contributed by atoms with Crippen LogP contribution < -0.4 is 21.7 Å². The van der Waals surface area contributed by atoms with E-state index in [-0.39, 0.29) is 18.9 Å². The van der Waals surface area contributed by atoms with Crippen LogP contribution in [0.2, 0.25) is 0 Å². The molecule has 0 aliphatic heterocycles. The number of carbonyl (C=O) groups excluding carboxylic acids is 4. The lowest BCUT2D eigenvalue weighted by molar-refractivity contribution is -0.147. The summed E-state index contributed by atoms with van der Waals surface area (Å²) in [6.07, 6.45) is 4.37. The van der Waals surface area contributed by atoms with Gasteiger partial charge in [-0.2, -0.15) is 0 Å². The van der Waals surface area contributed by atoms with Gasteiger partial charge in [0.1, 0.15) is 24.7 Å². The third-order valence-electron chi connectivity index (χ3n) is 7.29. The van der Waals surface area contributed by atoms with Crippen LogP contribution in [0.4, 0.5) is 0 Å². The van der Waals surface area contributed by atoms with Crippen molar-refractivity contribution in [1.82, 2.24) is 20.9 Å². The number of aromatic nitrogens is 1. The van der Waals surface area contributed by atoms with Crippen molar-refractivity contribution in [3.8, 4) is 0 Å². The van der Waals surface area contributed by atoms with E-state index in [0.717, 1.165) is 28.5 Å². The minimum atomic E-state index is -0.880. The summed E-state index contributed by atoms with van der Waals surface area (Å²) in [4.78, 5) is 55.3. The highest BCUT2D eigenvalue weighted by atomic mass is 16.5. The zero-order valence-electron chi connectivity index (χ0n) is 25.5. The van der Waals surface area contributed by atoms with Crippen molar-refractivity contribution < 1.29 is 23.9 Å². The molecule has 3 rings (SSSR count). The van der Waals surface area contributed by atoms with Gasteiger partial charge in [0.25, 0.3) is 0 Å². The fraction of sp³-hybridized carbons (Fsp3) is 0.455. The molecule has 1 heterocycles. The SMILES string of the molecule is CCCC[C@H](NC(=O)[C@H](Cc1c[nH]c2ccccc12)N[C@H](C)C(=O)OCc1ccccc1)C(=O)N[C@@H](CC(C)C)C(N)=O. The number of benzene rings is 2. The van der Waals surface area contributed by atoms with Crippen LogP contribution >= 0.6 is 0 Å². The first-order valence-electron chi connectivity index (χ1n) is 15.0. The highest BCUT2D eigenvalue weighted by Gasteiger charge is 2.31. The third kappa shape index (κ3) is 10.2. The molecule has 4 atom stereocenters. The van der Waals surface area contributed by atoms with Crippen molar-refractivity contribution in [2.45, 2.75) is 90.6 Å². The number of hydrogen-bond donors (Lipinski definition) is 5. The van der Waals surface area contributed by atoms with Crippen molar-refractivity contribution in [2.24, 2.45) is 11.7 Å². The number of fused-ring (bicyclic) bond motifs is 1. The van der Waals surface area contributed by atoms with Crippen molar-refractivity contribution in [2.75, 3.05) is 0 Å². The van der Waals surface area contributed by atoms with Crippen LogP contribution in [-0.2, 0) is 36.9 Å². The lowest BCUT2D eigenvalue weighted by Crippen LogP contribution is -2.57. The number of ether oxygens (including phenoxy) is 1. The van der Waals surface area contributed by atoms with E-state index in [4.69, 9.17) is 10.5 Å². The van der Waals surface area contributed by atoms with Gasteiger partial charge in [0, 0.05) is 17.1 Å². The standard InChI is InChI=1S/C33H45N5O5/c1-5-6-15-27(31(40)38-28(30(34)39)17-21(2)3)37-32(41)29(18-24-19-35-26-16-11-10-14-25(24)26)36-22(4)33(42)43-20-23-12-8-7-9-13-23/h7-14,16,19,21-22,27-29,35-36H,5-6,15,17-18,20H2,1-4H3,(H2,34,39)(H,37,41)(H,38,40)/t22-,27+,28+,29+/m1/s1. The maximum Gasteiger partial charge on any atom is 0.323 e. The van der Waals surface area contributed by atoms with Gasteiger partial charge in [-0.05, 0) is 49.3 Å². The number of primary amides is 1. The Bertz CT molecular complexity index is 1360. The Morgan fingerprint density at radius 2 is 1.53 bits per heavy atom. The van der Waals surface area contributed by atoms with Gasteiger partial charge in [-0.3, -0.25) is 24.5 Å². The van der Waals surface area contributed by atoms with Gasteiger partial charge in [-0.25, -0.2) is 0 Å². The molecule has 232 valence electrons. The quantitative estimate of drug-likeness (QED) is 0.151. The van der Waals surface area contributed by atoms with Crippen LogP contribution in [0.15, 0.2) is 60.8 Å². The van der Waals surface area contributed by atoms with E-state index >= 15 is 0 Å². The lowest BCUT2D eigenvalue weighted by atomic mass is 10.0. The topological polar surface area (TPSA) is 155 Å². The summed E-state index contributed by atoms with van der Waals surface area (Å²) in [7, 11) is 0. The van der Waals surface area contributed by atoms with E-state index in [9.17, 15) is 19.2 Å². The molecule has 10 heteroatoms. The lowest BCUT2D eigenvalue weighted by Gasteiger charge is -2.26. The Morgan fingerprint density at radius 3 is 2.21 bits per heavy atom. The first kappa shape index (κ1) is 33.3. The summed E-state index contributed by atoms with van der Waals surface area (Å²) in [5.74, 6) is -1.89. The summed E-state index contributed by atoms with van der Waals surface area (Å²) >= 11 is 0.